The number of hydrogen-bond acceptors (Lipinski definition) is 3. The summed E-state index contributed by atoms with van der Waals surface area (Å²) in [7, 11) is 1.28. The molecule has 0 aromatic heterocycles. The van der Waals surface area contributed by atoms with Crippen molar-refractivity contribution >= 4 is 11.9 Å². The predicted molar refractivity (Wildman–Crippen MR) is 45.0 cm³/mol. The Morgan fingerprint density at radius 2 is 1.85 bits per heavy atom. The molecule has 0 aromatic rings. The molecule has 13 heavy (non-hydrogen) atoms. The number of carbonyl (C=O) groups excluding carboxylic acids is 1. The zero-order valence-electron chi connectivity index (χ0n) is 7.40. The molecule has 0 amide bonds. The molecule has 0 saturated carbocycles. The van der Waals surface area contributed by atoms with Crippen LogP contribution in [0.1, 0.15) is 12.8 Å². The Kier molecular flexibility index (Phi) is 3.06. The highest BCUT2D eigenvalue weighted by Crippen LogP contribution is 2.26. The maximum absolute atomic E-state index is 11.2. The van der Waals surface area contributed by atoms with E-state index in [1.54, 1.807) is 6.08 Å². The van der Waals surface area contributed by atoms with Crippen LogP contribution in [0.2, 0.25) is 0 Å². The molecule has 4 nitrogen and oxygen atoms in total. The van der Waals surface area contributed by atoms with Crippen LogP contribution < -0.4 is 0 Å². The number of methoxy groups -OCH3 is 1. The first kappa shape index (κ1) is 9.77. The van der Waals surface area contributed by atoms with Crippen molar-refractivity contribution in [1.29, 1.82) is 0 Å². The fourth-order valence-corrected chi connectivity index (χ4v) is 1.50. The van der Waals surface area contributed by atoms with Crippen molar-refractivity contribution in [3.8, 4) is 0 Å². The van der Waals surface area contributed by atoms with Gasteiger partial charge in [-0.15, -0.1) is 0 Å². The second-order valence-corrected chi connectivity index (χ2v) is 3.02. The van der Waals surface area contributed by atoms with Crippen LogP contribution in [0, 0.1) is 11.8 Å². The van der Waals surface area contributed by atoms with Crippen molar-refractivity contribution in [2.45, 2.75) is 12.8 Å². The lowest BCUT2D eigenvalue weighted by molar-refractivity contribution is -0.155. The third-order valence-electron chi connectivity index (χ3n) is 2.25. The van der Waals surface area contributed by atoms with E-state index in [1.165, 1.54) is 7.11 Å². The minimum Gasteiger partial charge on any atom is -0.481 e. The third kappa shape index (κ3) is 2.08. The molecule has 0 fully saturated rings. The molecule has 2 atom stereocenters. The number of ether oxygens (including phenoxy) is 1. The first-order valence-electron chi connectivity index (χ1n) is 4.12. The van der Waals surface area contributed by atoms with Crippen molar-refractivity contribution < 1.29 is 19.4 Å². The maximum Gasteiger partial charge on any atom is 0.309 e. The quantitative estimate of drug-likeness (QED) is 0.510. The van der Waals surface area contributed by atoms with E-state index >= 15 is 0 Å². The number of allylic oxidation sites excluding steroid dienone is 2. The Hall–Kier alpha value is -1.32. The van der Waals surface area contributed by atoms with Gasteiger partial charge in [0.1, 0.15) is 0 Å². The standard InChI is InChI=1S/C9H12O4/c1-13-9(12)7-5-3-2-4-6(7)8(10)11/h2-3,6-7H,4-5H2,1H3,(H,10,11)/t6-,7-/m0/s1. The van der Waals surface area contributed by atoms with Crippen molar-refractivity contribution in [2.75, 3.05) is 7.11 Å². The highest BCUT2D eigenvalue weighted by atomic mass is 16.5. The van der Waals surface area contributed by atoms with Gasteiger partial charge in [0.25, 0.3) is 0 Å². The van der Waals surface area contributed by atoms with E-state index in [9.17, 15) is 9.59 Å². The molecule has 0 unspecified atom stereocenters. The summed E-state index contributed by atoms with van der Waals surface area (Å²) in [6.07, 6.45) is 4.48. The van der Waals surface area contributed by atoms with E-state index in [-0.39, 0.29) is 0 Å². The smallest absolute Gasteiger partial charge is 0.309 e. The molecular formula is C9H12O4. The molecule has 1 N–H and O–H groups in total. The summed E-state index contributed by atoms with van der Waals surface area (Å²) in [6, 6.07) is 0. The average Bonchev–Trinajstić information content (AvgIpc) is 2.16. The normalized spacial score (nSPS) is 26.8. The van der Waals surface area contributed by atoms with E-state index in [0.29, 0.717) is 12.8 Å². The van der Waals surface area contributed by atoms with Gasteiger partial charge in [-0.05, 0) is 12.8 Å². The van der Waals surface area contributed by atoms with Crippen LogP contribution in [-0.4, -0.2) is 24.2 Å². The summed E-state index contributed by atoms with van der Waals surface area (Å²) in [6.45, 7) is 0. The van der Waals surface area contributed by atoms with E-state index in [2.05, 4.69) is 4.74 Å². The van der Waals surface area contributed by atoms with Gasteiger partial charge >= 0.3 is 11.9 Å². The first-order valence-corrected chi connectivity index (χ1v) is 4.12. The van der Waals surface area contributed by atoms with Crippen LogP contribution in [0.15, 0.2) is 12.2 Å². The molecule has 0 radical (unpaired) electrons. The molecule has 1 aliphatic rings. The first-order chi connectivity index (χ1) is 6.16. The molecule has 1 aliphatic carbocycles. The topological polar surface area (TPSA) is 63.6 Å². The Morgan fingerprint density at radius 3 is 2.31 bits per heavy atom. The highest BCUT2D eigenvalue weighted by molar-refractivity contribution is 5.81. The molecule has 0 aliphatic heterocycles. The lowest BCUT2D eigenvalue weighted by Gasteiger charge is -2.22. The number of carboxylic acids is 1. The summed E-state index contributed by atoms with van der Waals surface area (Å²) in [5.74, 6) is -2.51. The fraction of sp³-hybridized carbons (Fsp3) is 0.556. The average molecular weight is 184 g/mol. The van der Waals surface area contributed by atoms with Crippen LogP contribution in [0.5, 0.6) is 0 Å². The maximum atomic E-state index is 11.2. The molecule has 0 heterocycles. The minimum atomic E-state index is -0.931. The Labute approximate surface area is 76.2 Å². The second kappa shape index (κ2) is 4.07. The van der Waals surface area contributed by atoms with Crippen molar-refractivity contribution in [3.63, 3.8) is 0 Å². The summed E-state index contributed by atoms with van der Waals surface area (Å²) >= 11 is 0. The van der Waals surface area contributed by atoms with Gasteiger partial charge in [-0.1, -0.05) is 12.2 Å². The molecule has 4 heteroatoms. The van der Waals surface area contributed by atoms with Gasteiger partial charge in [-0.3, -0.25) is 9.59 Å². The van der Waals surface area contributed by atoms with Crippen LogP contribution in [0.3, 0.4) is 0 Å². The number of hydrogen-bond donors (Lipinski definition) is 1. The molecule has 1 rings (SSSR count). The van der Waals surface area contributed by atoms with E-state index < -0.39 is 23.8 Å². The number of carboxylic acid groups (broad SMARTS) is 1. The largest absolute Gasteiger partial charge is 0.481 e. The van der Waals surface area contributed by atoms with E-state index in [0.717, 1.165) is 0 Å². The molecule has 72 valence electrons. The lowest BCUT2D eigenvalue weighted by atomic mass is 9.83. The van der Waals surface area contributed by atoms with Gasteiger partial charge in [0.05, 0.1) is 18.9 Å². The van der Waals surface area contributed by atoms with Gasteiger partial charge in [0.15, 0.2) is 0 Å². The Bertz CT molecular complexity index is 244. The monoisotopic (exact) mass is 184 g/mol. The molecule has 0 aromatic carbocycles. The summed E-state index contributed by atoms with van der Waals surface area (Å²) < 4.78 is 4.53. The zero-order chi connectivity index (χ0) is 9.84. The van der Waals surface area contributed by atoms with Crippen molar-refractivity contribution in [2.24, 2.45) is 11.8 Å². The number of esters is 1. The van der Waals surface area contributed by atoms with Gasteiger partial charge in [-0.2, -0.15) is 0 Å². The fourth-order valence-electron chi connectivity index (χ4n) is 1.50. The summed E-state index contributed by atoms with van der Waals surface area (Å²) in [5.41, 5.74) is 0. The van der Waals surface area contributed by atoms with Crippen molar-refractivity contribution in [1.82, 2.24) is 0 Å². The van der Waals surface area contributed by atoms with Crippen LogP contribution in [0.25, 0.3) is 0 Å². The Balaban J connectivity index is 2.75. The van der Waals surface area contributed by atoms with Crippen LogP contribution in [0.4, 0.5) is 0 Å². The number of aliphatic carboxylic acids is 1. The van der Waals surface area contributed by atoms with Gasteiger partial charge in [0.2, 0.25) is 0 Å². The molecular weight excluding hydrogens is 172 g/mol. The summed E-state index contributed by atoms with van der Waals surface area (Å²) in [5, 5.41) is 8.81. The van der Waals surface area contributed by atoms with E-state index in [1.807, 2.05) is 6.08 Å². The SMILES string of the molecule is COC(=O)[C@H]1CC=CC[C@@H]1C(=O)O. The minimum absolute atomic E-state index is 0.412. The predicted octanol–water partition coefficient (Wildman–Crippen LogP) is 0.826. The van der Waals surface area contributed by atoms with E-state index in [4.69, 9.17) is 5.11 Å². The molecule has 0 saturated heterocycles. The van der Waals surface area contributed by atoms with Crippen LogP contribution >= 0.6 is 0 Å². The molecule has 0 bridgehead atoms. The zero-order valence-corrected chi connectivity index (χ0v) is 7.40. The van der Waals surface area contributed by atoms with Gasteiger partial charge in [-0.25, -0.2) is 0 Å². The summed E-state index contributed by atoms with van der Waals surface area (Å²) in [4.78, 5) is 21.9. The van der Waals surface area contributed by atoms with Gasteiger partial charge in [0, 0.05) is 0 Å². The van der Waals surface area contributed by atoms with Crippen molar-refractivity contribution in [3.05, 3.63) is 12.2 Å². The number of carbonyl (C=O) groups is 2. The van der Waals surface area contributed by atoms with Crippen LogP contribution in [-0.2, 0) is 14.3 Å². The molecule has 0 spiro atoms. The lowest BCUT2D eigenvalue weighted by Crippen LogP contribution is -2.31. The number of rotatable bonds is 2. The van der Waals surface area contributed by atoms with Gasteiger partial charge < -0.3 is 9.84 Å². The second-order valence-electron chi connectivity index (χ2n) is 3.02. The Morgan fingerprint density at radius 1 is 1.31 bits per heavy atom. The highest BCUT2D eigenvalue weighted by Gasteiger charge is 2.34. The third-order valence-corrected chi connectivity index (χ3v) is 2.25.